The standard InChI is InChI=1S/C34H22Br2Cl2N2O2S/c35-26-14-19(15-27(36)32(26)42-18-22-10-12-23(37)17-28(22)38)16-29-33(41)40-31(21-7-2-1-3-8-21)25-13-11-20-6-4-5-9-24(20)30(25)39-34(40)43-29/h1-10,12,14-17,31H,11,13,18H2/b29-16-/t31-/m1/s1. The van der Waals surface area contributed by atoms with E-state index in [1.165, 1.54) is 22.5 Å². The number of ether oxygens (including phenoxy) is 1. The number of rotatable bonds is 5. The van der Waals surface area contributed by atoms with Crippen LogP contribution in [0.1, 0.15) is 40.3 Å². The minimum absolute atomic E-state index is 0.0482. The molecule has 0 amide bonds. The first-order valence-corrected chi connectivity index (χ1v) is 16.8. The molecule has 0 N–H and O–H groups in total. The van der Waals surface area contributed by atoms with Gasteiger partial charge < -0.3 is 4.74 Å². The number of fused-ring (bicyclic) bond motifs is 3. The van der Waals surface area contributed by atoms with E-state index in [-0.39, 0.29) is 18.2 Å². The summed E-state index contributed by atoms with van der Waals surface area (Å²) in [5.41, 5.74) is 7.36. The first-order chi connectivity index (χ1) is 20.9. The summed E-state index contributed by atoms with van der Waals surface area (Å²) in [7, 11) is 0. The molecule has 1 aromatic heterocycles. The fourth-order valence-electron chi connectivity index (χ4n) is 5.70. The SMILES string of the molecule is O=c1/c(=C/c2cc(Br)c(OCc3ccc(Cl)cc3Cl)c(Br)c2)sc2n1[C@H](c1ccccc1)C1=C(N=2)c2ccccc2CC1. The monoisotopic (exact) mass is 750 g/mol. The zero-order chi connectivity index (χ0) is 29.7. The van der Waals surface area contributed by atoms with Gasteiger partial charge >= 0.3 is 0 Å². The van der Waals surface area contributed by atoms with E-state index in [1.807, 2.05) is 47.0 Å². The Morgan fingerprint density at radius 2 is 1.70 bits per heavy atom. The van der Waals surface area contributed by atoms with Crippen molar-refractivity contribution in [2.45, 2.75) is 25.5 Å². The van der Waals surface area contributed by atoms with Crippen LogP contribution in [0, 0.1) is 0 Å². The van der Waals surface area contributed by atoms with Crippen molar-refractivity contribution in [1.29, 1.82) is 0 Å². The van der Waals surface area contributed by atoms with Crippen molar-refractivity contribution in [3.05, 3.63) is 157 Å². The topological polar surface area (TPSA) is 43.6 Å². The molecule has 0 bridgehead atoms. The second-order valence-corrected chi connectivity index (χ2v) is 13.9. The summed E-state index contributed by atoms with van der Waals surface area (Å²) in [6.45, 7) is 0.276. The number of benzene rings is 4. The fraction of sp³-hybridized carbons (Fsp3) is 0.118. The largest absolute Gasteiger partial charge is 0.486 e. The summed E-state index contributed by atoms with van der Waals surface area (Å²) in [6.07, 6.45) is 3.71. The average Bonchev–Trinajstić information content (AvgIpc) is 3.31. The Labute approximate surface area is 278 Å². The fourth-order valence-corrected chi connectivity index (χ4v) is 8.61. The van der Waals surface area contributed by atoms with Gasteiger partial charge in [-0.2, -0.15) is 0 Å². The quantitative estimate of drug-likeness (QED) is 0.180. The van der Waals surface area contributed by atoms with Gasteiger partial charge in [-0.3, -0.25) is 9.36 Å². The molecule has 7 rings (SSSR count). The smallest absolute Gasteiger partial charge is 0.271 e. The van der Waals surface area contributed by atoms with Gasteiger partial charge in [0.15, 0.2) is 4.80 Å². The highest BCUT2D eigenvalue weighted by atomic mass is 79.9. The molecule has 0 fully saturated rings. The van der Waals surface area contributed by atoms with Crippen LogP contribution in [0.3, 0.4) is 0 Å². The third kappa shape index (κ3) is 5.47. The van der Waals surface area contributed by atoms with Crippen LogP contribution in [0.4, 0.5) is 0 Å². The summed E-state index contributed by atoms with van der Waals surface area (Å²) in [5, 5.41) is 1.12. The number of hydrogen-bond acceptors (Lipinski definition) is 4. The van der Waals surface area contributed by atoms with E-state index in [1.54, 1.807) is 12.1 Å². The molecule has 1 aliphatic carbocycles. The second kappa shape index (κ2) is 11.9. The highest BCUT2D eigenvalue weighted by molar-refractivity contribution is 9.11. The first-order valence-electron chi connectivity index (χ1n) is 13.6. The summed E-state index contributed by atoms with van der Waals surface area (Å²) < 4.78 is 10.1. The molecular weight excluding hydrogens is 731 g/mol. The molecule has 9 heteroatoms. The van der Waals surface area contributed by atoms with E-state index in [0.29, 0.717) is 25.1 Å². The lowest BCUT2D eigenvalue weighted by Gasteiger charge is -2.30. The van der Waals surface area contributed by atoms with Gasteiger partial charge in [0.25, 0.3) is 5.56 Å². The van der Waals surface area contributed by atoms with E-state index >= 15 is 0 Å². The van der Waals surface area contributed by atoms with Gasteiger partial charge in [-0.25, -0.2) is 4.99 Å². The van der Waals surface area contributed by atoms with Crippen LogP contribution in [0.15, 0.2) is 109 Å². The molecule has 0 saturated heterocycles. The Bertz CT molecular complexity index is 2100. The highest BCUT2D eigenvalue weighted by Crippen LogP contribution is 2.41. The van der Waals surface area contributed by atoms with Crippen LogP contribution in [0.2, 0.25) is 10.0 Å². The van der Waals surface area contributed by atoms with Crippen LogP contribution < -0.4 is 19.6 Å². The summed E-state index contributed by atoms with van der Waals surface area (Å²) in [4.78, 5) is 19.9. The van der Waals surface area contributed by atoms with Crippen molar-refractivity contribution in [3.63, 3.8) is 0 Å². The van der Waals surface area contributed by atoms with Crippen LogP contribution in [-0.4, -0.2) is 4.57 Å². The zero-order valence-electron chi connectivity index (χ0n) is 22.5. The summed E-state index contributed by atoms with van der Waals surface area (Å²) >= 11 is 21.1. The molecular formula is C34H22Br2Cl2N2O2S. The number of nitrogens with zero attached hydrogens (tertiary/aromatic N) is 2. The molecule has 1 aliphatic heterocycles. The van der Waals surface area contributed by atoms with Gasteiger partial charge in [0.05, 0.1) is 25.2 Å². The molecule has 2 heterocycles. The van der Waals surface area contributed by atoms with Crippen LogP contribution >= 0.6 is 66.4 Å². The molecule has 0 unspecified atom stereocenters. The Balaban J connectivity index is 1.30. The van der Waals surface area contributed by atoms with Gasteiger partial charge in [0.2, 0.25) is 0 Å². The second-order valence-electron chi connectivity index (χ2n) is 10.4. The number of allylic oxidation sites excluding steroid dienone is 1. The van der Waals surface area contributed by atoms with Crippen molar-refractivity contribution in [2.75, 3.05) is 0 Å². The maximum Gasteiger partial charge on any atom is 0.271 e. The number of aromatic nitrogens is 1. The van der Waals surface area contributed by atoms with E-state index in [9.17, 15) is 4.79 Å². The first kappa shape index (κ1) is 28.8. The van der Waals surface area contributed by atoms with Crippen LogP contribution in [0.5, 0.6) is 5.75 Å². The Kier molecular flexibility index (Phi) is 7.95. The molecule has 4 aromatic carbocycles. The Morgan fingerprint density at radius 1 is 0.953 bits per heavy atom. The van der Waals surface area contributed by atoms with Gasteiger partial charge in [-0.15, -0.1) is 0 Å². The zero-order valence-corrected chi connectivity index (χ0v) is 28.0. The minimum Gasteiger partial charge on any atom is -0.486 e. The molecule has 1 atom stereocenters. The molecule has 0 saturated carbocycles. The number of hydrogen-bond donors (Lipinski definition) is 0. The highest BCUT2D eigenvalue weighted by Gasteiger charge is 2.32. The molecule has 4 nitrogen and oxygen atoms in total. The van der Waals surface area contributed by atoms with Gasteiger partial charge in [-0.1, -0.05) is 95.2 Å². The lowest BCUT2D eigenvalue weighted by atomic mass is 9.83. The maximum atomic E-state index is 14.1. The normalized spacial score (nSPS) is 15.9. The Morgan fingerprint density at radius 3 is 2.47 bits per heavy atom. The van der Waals surface area contributed by atoms with Crippen molar-refractivity contribution >= 4 is 78.2 Å². The Hall–Kier alpha value is -2.94. The van der Waals surface area contributed by atoms with Gasteiger partial charge in [0, 0.05) is 21.2 Å². The van der Waals surface area contributed by atoms with Crippen LogP contribution in [-0.2, 0) is 13.0 Å². The van der Waals surface area contributed by atoms with Gasteiger partial charge in [0.1, 0.15) is 12.4 Å². The predicted molar refractivity (Wildman–Crippen MR) is 182 cm³/mol. The lowest BCUT2D eigenvalue weighted by Crippen LogP contribution is -2.38. The lowest BCUT2D eigenvalue weighted by molar-refractivity contribution is 0.302. The van der Waals surface area contributed by atoms with Crippen molar-refractivity contribution in [1.82, 2.24) is 4.57 Å². The summed E-state index contributed by atoms with van der Waals surface area (Å²) in [6, 6.07) is 27.7. The molecule has 43 heavy (non-hydrogen) atoms. The average molecular weight is 753 g/mol. The molecule has 2 aliphatic rings. The van der Waals surface area contributed by atoms with E-state index in [2.05, 4.69) is 68.3 Å². The molecule has 5 aromatic rings. The molecule has 0 spiro atoms. The predicted octanol–water partition coefficient (Wildman–Crippen LogP) is 8.73. The van der Waals surface area contributed by atoms with Gasteiger partial charge in [-0.05, 0) is 97.3 Å². The number of halogens is 4. The third-order valence-electron chi connectivity index (χ3n) is 7.69. The summed E-state index contributed by atoms with van der Waals surface area (Å²) in [5.74, 6) is 0.639. The minimum atomic E-state index is -0.197. The number of thiazole rings is 1. The van der Waals surface area contributed by atoms with E-state index < -0.39 is 0 Å². The number of aryl methyl sites for hydroxylation is 1. The third-order valence-corrected chi connectivity index (χ3v) is 10.4. The molecule has 0 radical (unpaired) electrons. The molecule has 214 valence electrons. The van der Waals surface area contributed by atoms with E-state index in [4.69, 9.17) is 32.9 Å². The maximum absolute atomic E-state index is 14.1. The van der Waals surface area contributed by atoms with Crippen molar-refractivity contribution < 1.29 is 4.74 Å². The van der Waals surface area contributed by atoms with Crippen LogP contribution in [0.25, 0.3) is 11.8 Å². The van der Waals surface area contributed by atoms with Crippen molar-refractivity contribution in [3.8, 4) is 5.75 Å². The van der Waals surface area contributed by atoms with E-state index in [0.717, 1.165) is 49.7 Å². The van der Waals surface area contributed by atoms with Crippen molar-refractivity contribution in [2.24, 2.45) is 4.99 Å².